The zero-order valence-electron chi connectivity index (χ0n) is 16.0. The second-order valence-electron chi connectivity index (χ2n) is 7.20. The van der Waals surface area contributed by atoms with Crippen LogP contribution in [0.15, 0.2) is 51.3 Å². The Bertz CT molecular complexity index is 861. The van der Waals surface area contributed by atoms with Crippen LogP contribution in [0.4, 0.5) is 0 Å². The largest absolute Gasteiger partial charge is 0.456 e. The number of aromatic nitrogens is 1. The second-order valence-corrected chi connectivity index (χ2v) is 7.20. The quantitative estimate of drug-likeness (QED) is 0.631. The van der Waals surface area contributed by atoms with E-state index in [1.807, 2.05) is 32.0 Å². The summed E-state index contributed by atoms with van der Waals surface area (Å²) in [6.45, 7) is 7.42. The maximum absolute atomic E-state index is 6.08. The van der Waals surface area contributed by atoms with E-state index in [9.17, 15) is 0 Å². The summed E-state index contributed by atoms with van der Waals surface area (Å²) >= 11 is 0. The number of benzene rings is 1. The van der Waals surface area contributed by atoms with Crippen LogP contribution >= 0.6 is 0 Å². The molecule has 5 heteroatoms. The van der Waals surface area contributed by atoms with Crippen molar-refractivity contribution in [2.45, 2.75) is 45.9 Å². The number of nitrogens with zero attached hydrogens (tertiary/aromatic N) is 2. The van der Waals surface area contributed by atoms with E-state index in [1.54, 1.807) is 0 Å². The molecule has 0 aliphatic carbocycles. The monoisotopic (exact) mass is 366 g/mol. The van der Waals surface area contributed by atoms with Crippen molar-refractivity contribution in [1.82, 2.24) is 9.88 Å². The van der Waals surface area contributed by atoms with E-state index in [0.717, 1.165) is 49.7 Å². The summed E-state index contributed by atoms with van der Waals surface area (Å²) < 4.78 is 17.5. The van der Waals surface area contributed by atoms with Crippen molar-refractivity contribution in [2.24, 2.45) is 0 Å². The van der Waals surface area contributed by atoms with Crippen molar-refractivity contribution in [1.29, 1.82) is 0 Å². The van der Waals surface area contributed by atoms with Crippen molar-refractivity contribution < 1.29 is 13.6 Å². The first-order chi connectivity index (χ1) is 13.2. The Kier molecular flexibility index (Phi) is 5.41. The van der Waals surface area contributed by atoms with E-state index in [-0.39, 0.29) is 0 Å². The highest BCUT2D eigenvalue weighted by molar-refractivity contribution is 5.45. The molecule has 0 atom stereocenters. The van der Waals surface area contributed by atoms with Gasteiger partial charge in [-0.1, -0.05) is 30.3 Å². The highest BCUT2D eigenvalue weighted by Crippen LogP contribution is 2.25. The van der Waals surface area contributed by atoms with Gasteiger partial charge in [-0.15, -0.1) is 0 Å². The minimum atomic E-state index is 0.335. The highest BCUT2D eigenvalue weighted by Gasteiger charge is 2.22. The third-order valence-electron chi connectivity index (χ3n) is 5.08. The molecular weight excluding hydrogens is 340 g/mol. The second kappa shape index (κ2) is 8.11. The molecule has 1 aliphatic heterocycles. The molecule has 2 aromatic heterocycles. The first-order valence-corrected chi connectivity index (χ1v) is 9.58. The van der Waals surface area contributed by atoms with Crippen LogP contribution in [-0.4, -0.2) is 29.1 Å². The van der Waals surface area contributed by atoms with Crippen LogP contribution in [0.1, 0.15) is 35.6 Å². The maximum Gasteiger partial charge on any atom is 0.263 e. The maximum atomic E-state index is 6.08. The van der Waals surface area contributed by atoms with Crippen LogP contribution in [0, 0.1) is 13.8 Å². The predicted octanol–water partition coefficient (Wildman–Crippen LogP) is 4.73. The van der Waals surface area contributed by atoms with Crippen molar-refractivity contribution in [2.75, 3.05) is 13.1 Å². The Balaban J connectivity index is 1.28. The molecule has 27 heavy (non-hydrogen) atoms. The lowest BCUT2D eigenvalue weighted by Crippen LogP contribution is -2.36. The van der Waals surface area contributed by atoms with Gasteiger partial charge in [0.2, 0.25) is 0 Å². The van der Waals surface area contributed by atoms with E-state index in [1.165, 1.54) is 5.56 Å². The van der Waals surface area contributed by atoms with Crippen LogP contribution in [0.25, 0.3) is 11.7 Å². The van der Waals surface area contributed by atoms with Gasteiger partial charge in [0.05, 0.1) is 18.4 Å². The smallest absolute Gasteiger partial charge is 0.263 e. The predicted molar refractivity (Wildman–Crippen MR) is 103 cm³/mol. The molecule has 0 spiro atoms. The average Bonchev–Trinajstić information content (AvgIpc) is 3.28. The van der Waals surface area contributed by atoms with Gasteiger partial charge in [0.25, 0.3) is 5.89 Å². The Morgan fingerprint density at radius 3 is 2.52 bits per heavy atom. The fourth-order valence-corrected chi connectivity index (χ4v) is 3.46. The fourth-order valence-electron chi connectivity index (χ4n) is 3.46. The van der Waals surface area contributed by atoms with Gasteiger partial charge >= 0.3 is 0 Å². The molecule has 1 aromatic carbocycles. The average molecular weight is 366 g/mol. The normalized spacial score (nSPS) is 16.1. The number of aryl methyl sites for hydroxylation is 2. The van der Waals surface area contributed by atoms with Gasteiger partial charge < -0.3 is 13.6 Å². The molecule has 4 rings (SSSR count). The molecule has 142 valence electrons. The Morgan fingerprint density at radius 2 is 1.81 bits per heavy atom. The van der Waals surface area contributed by atoms with Gasteiger partial charge in [-0.3, -0.25) is 4.90 Å². The van der Waals surface area contributed by atoms with Gasteiger partial charge in [-0.25, -0.2) is 4.98 Å². The minimum Gasteiger partial charge on any atom is -0.456 e. The summed E-state index contributed by atoms with van der Waals surface area (Å²) in [6, 6.07) is 14.2. The highest BCUT2D eigenvalue weighted by atomic mass is 16.5. The van der Waals surface area contributed by atoms with Crippen molar-refractivity contribution in [3.63, 3.8) is 0 Å². The fraction of sp³-hybridized carbons (Fsp3) is 0.409. The number of oxazole rings is 1. The Labute approximate surface area is 160 Å². The molecule has 0 amide bonds. The molecule has 0 saturated carbocycles. The molecule has 1 fully saturated rings. The molecule has 1 aliphatic rings. The lowest BCUT2D eigenvalue weighted by molar-refractivity contribution is -0.00418. The summed E-state index contributed by atoms with van der Waals surface area (Å²) in [5, 5.41) is 0. The molecule has 0 N–H and O–H groups in total. The molecule has 1 saturated heterocycles. The van der Waals surface area contributed by atoms with Gasteiger partial charge in [0, 0.05) is 19.6 Å². The topological polar surface area (TPSA) is 51.6 Å². The number of hydrogen-bond acceptors (Lipinski definition) is 5. The number of rotatable bonds is 6. The molecular formula is C22H26N2O3. The van der Waals surface area contributed by atoms with E-state index < -0.39 is 0 Å². The summed E-state index contributed by atoms with van der Waals surface area (Å²) in [6.07, 6.45) is 2.43. The number of likely N-dealkylation sites (tertiary alicyclic amines) is 1. The van der Waals surface area contributed by atoms with E-state index in [0.29, 0.717) is 24.4 Å². The molecule has 3 heterocycles. The molecule has 0 radical (unpaired) electrons. The van der Waals surface area contributed by atoms with Crippen LogP contribution in [-0.2, 0) is 17.9 Å². The number of hydrogen-bond donors (Lipinski definition) is 0. The summed E-state index contributed by atoms with van der Waals surface area (Å²) in [5.41, 5.74) is 2.22. The van der Waals surface area contributed by atoms with E-state index >= 15 is 0 Å². The molecule has 0 unspecified atom stereocenters. The molecule has 5 nitrogen and oxygen atoms in total. The minimum absolute atomic E-state index is 0.335. The van der Waals surface area contributed by atoms with Gasteiger partial charge in [0.15, 0.2) is 5.76 Å². The molecule has 0 bridgehead atoms. The summed E-state index contributed by atoms with van der Waals surface area (Å²) in [5.74, 6) is 2.98. The lowest BCUT2D eigenvalue weighted by Gasteiger charge is -2.31. The van der Waals surface area contributed by atoms with Gasteiger partial charge in [-0.05, 0) is 44.4 Å². The lowest BCUT2D eigenvalue weighted by atomic mass is 10.1. The summed E-state index contributed by atoms with van der Waals surface area (Å²) in [4.78, 5) is 7.07. The number of piperidine rings is 1. The van der Waals surface area contributed by atoms with E-state index in [4.69, 9.17) is 13.6 Å². The summed E-state index contributed by atoms with van der Waals surface area (Å²) in [7, 11) is 0. The van der Waals surface area contributed by atoms with Gasteiger partial charge in [-0.2, -0.15) is 0 Å². The van der Waals surface area contributed by atoms with Crippen molar-refractivity contribution in [3.8, 4) is 11.7 Å². The Morgan fingerprint density at radius 1 is 1.04 bits per heavy atom. The first-order valence-electron chi connectivity index (χ1n) is 9.58. The SMILES string of the molecule is Cc1ccc(-c2nc(CN3CCC(OCc4ccccc4)CC3)c(C)o2)o1. The van der Waals surface area contributed by atoms with Crippen LogP contribution in [0.5, 0.6) is 0 Å². The number of furan rings is 1. The van der Waals surface area contributed by atoms with Crippen LogP contribution < -0.4 is 0 Å². The zero-order chi connectivity index (χ0) is 18.6. The first kappa shape index (κ1) is 18.0. The van der Waals surface area contributed by atoms with Gasteiger partial charge in [0.1, 0.15) is 11.5 Å². The Hall–Kier alpha value is -2.37. The van der Waals surface area contributed by atoms with Crippen molar-refractivity contribution in [3.05, 3.63) is 65.2 Å². The number of ether oxygens (including phenoxy) is 1. The molecule has 3 aromatic rings. The third kappa shape index (κ3) is 4.49. The zero-order valence-corrected chi connectivity index (χ0v) is 16.0. The standard InChI is InChI=1S/C22H26N2O3/c1-16-8-9-21(26-16)22-23-20(17(2)27-22)14-24-12-10-19(11-13-24)25-15-18-6-4-3-5-7-18/h3-9,19H,10-15H2,1-2H3. The van der Waals surface area contributed by atoms with Crippen LogP contribution in [0.2, 0.25) is 0 Å². The van der Waals surface area contributed by atoms with Crippen molar-refractivity contribution >= 4 is 0 Å². The van der Waals surface area contributed by atoms with Crippen LogP contribution in [0.3, 0.4) is 0 Å². The van der Waals surface area contributed by atoms with E-state index in [2.05, 4.69) is 34.1 Å². The third-order valence-corrected chi connectivity index (χ3v) is 5.08.